The number of amides is 1. The van der Waals surface area contributed by atoms with Crippen LogP contribution in [-0.4, -0.2) is 38.3 Å². The Labute approximate surface area is 192 Å². The van der Waals surface area contributed by atoms with E-state index in [9.17, 15) is 10.1 Å². The Hall–Kier alpha value is -0.130. The van der Waals surface area contributed by atoms with Gasteiger partial charge in [-0.2, -0.15) is 5.26 Å². The van der Waals surface area contributed by atoms with Crippen molar-refractivity contribution in [3.05, 3.63) is 11.6 Å². The standard InChI is InChI=1S/C22H33BrIN3O/c1-14(2)21-19-12-17(24)6-3-5-15(19)9-10-27(21)22(28)16(13-25)11-18-7-4-8-20(23)26-18/h11,14-15,17-21,26H,3-10,12H2,1-2H3/b16-11+. The Balaban J connectivity index is 1.81. The molecule has 3 aliphatic rings. The highest BCUT2D eigenvalue weighted by Crippen LogP contribution is 2.43. The molecule has 6 atom stereocenters. The number of piperidine rings is 2. The zero-order valence-electron chi connectivity index (χ0n) is 17.0. The van der Waals surface area contributed by atoms with Gasteiger partial charge in [-0.1, -0.05) is 65.2 Å². The number of hydrogen-bond acceptors (Lipinski definition) is 3. The Morgan fingerprint density at radius 1 is 1.25 bits per heavy atom. The number of likely N-dealkylation sites (tertiary alicyclic amines) is 1. The van der Waals surface area contributed by atoms with Crippen molar-refractivity contribution >= 4 is 44.4 Å². The lowest BCUT2D eigenvalue weighted by atomic mass is 9.72. The van der Waals surface area contributed by atoms with E-state index in [0.717, 1.165) is 38.1 Å². The lowest BCUT2D eigenvalue weighted by Gasteiger charge is -2.47. The first kappa shape index (κ1) is 22.6. The zero-order chi connectivity index (χ0) is 20.3. The van der Waals surface area contributed by atoms with E-state index >= 15 is 0 Å². The van der Waals surface area contributed by atoms with Crippen molar-refractivity contribution in [2.75, 3.05) is 6.54 Å². The molecule has 6 heteroatoms. The molecule has 0 bridgehead atoms. The normalized spacial score (nSPS) is 37.1. The van der Waals surface area contributed by atoms with Gasteiger partial charge in [-0.15, -0.1) is 0 Å². The molecule has 1 saturated carbocycles. The Morgan fingerprint density at radius 3 is 2.68 bits per heavy atom. The van der Waals surface area contributed by atoms with E-state index in [1.165, 1.54) is 25.7 Å². The summed E-state index contributed by atoms with van der Waals surface area (Å²) in [5, 5.41) is 13.2. The average molecular weight is 562 g/mol. The van der Waals surface area contributed by atoms with Crippen LogP contribution in [0.15, 0.2) is 11.6 Å². The van der Waals surface area contributed by atoms with Crippen molar-refractivity contribution < 1.29 is 4.79 Å². The molecule has 4 nitrogen and oxygen atoms in total. The highest BCUT2D eigenvalue weighted by molar-refractivity contribution is 14.1. The maximum atomic E-state index is 13.4. The van der Waals surface area contributed by atoms with Crippen LogP contribution in [0.4, 0.5) is 0 Å². The first-order valence-corrected chi connectivity index (χ1v) is 13.0. The van der Waals surface area contributed by atoms with Gasteiger partial charge in [-0.3, -0.25) is 10.1 Å². The number of fused-ring (bicyclic) bond motifs is 1. The van der Waals surface area contributed by atoms with Gasteiger partial charge in [-0.05, 0) is 62.4 Å². The smallest absolute Gasteiger partial charge is 0.264 e. The van der Waals surface area contributed by atoms with E-state index in [2.05, 4.69) is 68.7 Å². The summed E-state index contributed by atoms with van der Waals surface area (Å²) in [5.41, 5.74) is 0.322. The van der Waals surface area contributed by atoms with Crippen LogP contribution in [0.1, 0.15) is 65.2 Å². The van der Waals surface area contributed by atoms with Gasteiger partial charge in [-0.25, -0.2) is 0 Å². The number of carbonyl (C=O) groups is 1. The summed E-state index contributed by atoms with van der Waals surface area (Å²) in [4.78, 5) is 15.8. The minimum Gasteiger partial charge on any atom is -0.334 e. The molecule has 1 aliphatic carbocycles. The number of nitriles is 1. The van der Waals surface area contributed by atoms with E-state index in [1.807, 2.05) is 6.08 Å². The van der Waals surface area contributed by atoms with Gasteiger partial charge < -0.3 is 4.90 Å². The molecule has 0 radical (unpaired) electrons. The molecule has 6 unspecified atom stereocenters. The molecule has 2 aliphatic heterocycles. The first-order valence-electron chi connectivity index (χ1n) is 10.9. The Kier molecular flexibility index (Phi) is 8.26. The van der Waals surface area contributed by atoms with Gasteiger partial charge in [0, 0.05) is 22.6 Å². The number of carbonyl (C=O) groups excluding carboxylic acids is 1. The predicted octanol–water partition coefficient (Wildman–Crippen LogP) is 5.17. The van der Waals surface area contributed by atoms with Crippen LogP contribution in [-0.2, 0) is 4.79 Å². The second kappa shape index (κ2) is 10.3. The number of nitrogens with zero attached hydrogens (tertiary/aromatic N) is 2. The summed E-state index contributed by atoms with van der Waals surface area (Å²) < 4.78 is 0.706. The van der Waals surface area contributed by atoms with Crippen LogP contribution < -0.4 is 5.32 Å². The third kappa shape index (κ3) is 5.31. The average Bonchev–Trinajstić information content (AvgIpc) is 2.85. The first-order chi connectivity index (χ1) is 13.4. The topological polar surface area (TPSA) is 56.1 Å². The van der Waals surface area contributed by atoms with E-state index in [-0.39, 0.29) is 22.9 Å². The fourth-order valence-corrected chi connectivity index (χ4v) is 7.22. The van der Waals surface area contributed by atoms with E-state index < -0.39 is 0 Å². The molecule has 156 valence electrons. The van der Waals surface area contributed by atoms with Crippen LogP contribution in [0.25, 0.3) is 0 Å². The second-order valence-corrected chi connectivity index (χ2v) is 11.9. The molecule has 3 rings (SSSR count). The predicted molar refractivity (Wildman–Crippen MR) is 125 cm³/mol. The Bertz CT molecular complexity index is 632. The van der Waals surface area contributed by atoms with Crippen molar-refractivity contribution in [3.63, 3.8) is 0 Å². The van der Waals surface area contributed by atoms with E-state index in [0.29, 0.717) is 21.3 Å². The number of halogens is 2. The summed E-state index contributed by atoms with van der Waals surface area (Å²) in [5.74, 6) is 1.67. The molecule has 2 heterocycles. The van der Waals surface area contributed by atoms with Crippen molar-refractivity contribution in [2.45, 2.75) is 86.2 Å². The number of nitrogens with one attached hydrogen (secondary N) is 1. The lowest BCUT2D eigenvalue weighted by molar-refractivity contribution is -0.135. The SMILES string of the molecule is CC(C)C1C2CC(I)CCCC2CCN1C(=O)/C(C#N)=C/C1CCCC(Br)N1. The molecule has 28 heavy (non-hydrogen) atoms. The minimum absolute atomic E-state index is 0.0487. The van der Waals surface area contributed by atoms with Crippen molar-refractivity contribution in [2.24, 2.45) is 17.8 Å². The van der Waals surface area contributed by atoms with Crippen molar-refractivity contribution in [3.8, 4) is 6.07 Å². The van der Waals surface area contributed by atoms with E-state index in [1.54, 1.807) is 0 Å². The second-order valence-electron chi connectivity index (χ2n) is 9.07. The van der Waals surface area contributed by atoms with Crippen LogP contribution in [0, 0.1) is 29.1 Å². The van der Waals surface area contributed by atoms with Crippen LogP contribution in [0.3, 0.4) is 0 Å². The lowest BCUT2D eigenvalue weighted by Crippen LogP contribution is -2.54. The summed E-state index contributed by atoms with van der Waals surface area (Å²) >= 11 is 6.22. The van der Waals surface area contributed by atoms with Gasteiger partial charge in [0.25, 0.3) is 5.91 Å². The molecular formula is C22H33BrIN3O. The van der Waals surface area contributed by atoms with Gasteiger partial charge >= 0.3 is 0 Å². The molecule has 0 spiro atoms. The molecule has 0 aromatic carbocycles. The molecule has 1 N–H and O–H groups in total. The maximum absolute atomic E-state index is 13.4. The highest BCUT2D eigenvalue weighted by atomic mass is 127. The fourth-order valence-electron chi connectivity index (χ4n) is 5.53. The van der Waals surface area contributed by atoms with Crippen LogP contribution in [0.5, 0.6) is 0 Å². The van der Waals surface area contributed by atoms with Crippen LogP contribution >= 0.6 is 38.5 Å². The van der Waals surface area contributed by atoms with E-state index in [4.69, 9.17) is 0 Å². The quantitative estimate of drug-likeness (QED) is 0.170. The Morgan fingerprint density at radius 2 is 2.00 bits per heavy atom. The van der Waals surface area contributed by atoms with Crippen LogP contribution in [0.2, 0.25) is 0 Å². The van der Waals surface area contributed by atoms with Gasteiger partial charge in [0.2, 0.25) is 0 Å². The summed E-state index contributed by atoms with van der Waals surface area (Å²) in [6.07, 6.45) is 11.3. The number of alkyl halides is 2. The monoisotopic (exact) mass is 561 g/mol. The molecule has 2 saturated heterocycles. The maximum Gasteiger partial charge on any atom is 0.264 e. The summed E-state index contributed by atoms with van der Waals surface area (Å²) in [7, 11) is 0. The van der Waals surface area contributed by atoms with Crippen molar-refractivity contribution in [1.29, 1.82) is 5.26 Å². The molecule has 0 aromatic heterocycles. The molecule has 3 fully saturated rings. The fraction of sp³-hybridized carbons (Fsp3) is 0.818. The minimum atomic E-state index is -0.0487. The number of rotatable bonds is 3. The summed E-state index contributed by atoms with van der Waals surface area (Å²) in [6.45, 7) is 5.29. The molecule has 1 amide bonds. The third-order valence-electron chi connectivity index (χ3n) is 6.80. The van der Waals surface area contributed by atoms with Gasteiger partial charge in [0.15, 0.2) is 0 Å². The highest BCUT2D eigenvalue weighted by Gasteiger charge is 2.43. The number of hydrogen-bond donors (Lipinski definition) is 1. The summed E-state index contributed by atoms with van der Waals surface area (Å²) in [6, 6.07) is 2.58. The van der Waals surface area contributed by atoms with Gasteiger partial charge in [0.1, 0.15) is 11.6 Å². The third-order valence-corrected chi connectivity index (χ3v) is 8.65. The largest absolute Gasteiger partial charge is 0.334 e. The van der Waals surface area contributed by atoms with Crippen molar-refractivity contribution in [1.82, 2.24) is 10.2 Å². The molecular weight excluding hydrogens is 529 g/mol. The molecule has 0 aromatic rings. The van der Waals surface area contributed by atoms with Gasteiger partial charge in [0.05, 0.1) is 4.95 Å². The zero-order valence-corrected chi connectivity index (χ0v) is 20.8.